The molecule has 1 aliphatic heterocycles. The van der Waals surface area contributed by atoms with Crippen molar-refractivity contribution in [3.63, 3.8) is 0 Å². The molecule has 1 aliphatic rings. The van der Waals surface area contributed by atoms with E-state index in [2.05, 4.69) is 10.3 Å². The van der Waals surface area contributed by atoms with E-state index in [1.165, 1.54) is 0 Å². The van der Waals surface area contributed by atoms with Crippen molar-refractivity contribution in [3.8, 4) is 0 Å². The van der Waals surface area contributed by atoms with E-state index in [0.717, 1.165) is 31.5 Å². The smallest absolute Gasteiger partial charge is 0.303 e. The Kier molecular flexibility index (Phi) is 5.76. The third-order valence-electron chi connectivity index (χ3n) is 3.95. The number of carbonyl (C=O) groups is 2. The molecular weight excluding hydrogens is 288 g/mol. The molecule has 0 radical (unpaired) electrons. The number of rotatable bonds is 6. The van der Waals surface area contributed by atoms with E-state index in [9.17, 15) is 9.59 Å². The number of likely N-dealkylation sites (N-methyl/N-ethyl adjacent to an activating group) is 1. The molecule has 0 saturated carbocycles. The summed E-state index contributed by atoms with van der Waals surface area (Å²) in [6.45, 7) is 2.71. The highest BCUT2D eigenvalue weighted by Crippen LogP contribution is 2.20. The number of amides is 1. The van der Waals surface area contributed by atoms with Crippen LogP contribution in [-0.4, -0.2) is 53.5 Å². The second-order valence-electron chi connectivity index (χ2n) is 5.70. The van der Waals surface area contributed by atoms with Gasteiger partial charge in [-0.15, -0.1) is 0 Å². The maximum absolute atomic E-state index is 12.2. The lowest BCUT2D eigenvalue weighted by atomic mass is 9.94. The van der Waals surface area contributed by atoms with Crippen LogP contribution >= 0.6 is 11.3 Å². The van der Waals surface area contributed by atoms with E-state index in [4.69, 9.17) is 5.11 Å². The van der Waals surface area contributed by atoms with Crippen molar-refractivity contribution in [2.45, 2.75) is 25.8 Å². The van der Waals surface area contributed by atoms with Crippen LogP contribution in [0.2, 0.25) is 0 Å². The minimum atomic E-state index is -0.722. The molecule has 1 aromatic heterocycles. The second-order valence-corrected chi connectivity index (χ2v) is 6.48. The van der Waals surface area contributed by atoms with Gasteiger partial charge in [0, 0.05) is 20.0 Å². The van der Waals surface area contributed by atoms with E-state index in [1.807, 2.05) is 18.5 Å². The maximum atomic E-state index is 12.2. The summed E-state index contributed by atoms with van der Waals surface area (Å²) in [7, 11) is 1.83. The topological polar surface area (TPSA) is 60.9 Å². The predicted molar refractivity (Wildman–Crippen MR) is 82.2 cm³/mol. The van der Waals surface area contributed by atoms with Gasteiger partial charge >= 0.3 is 5.97 Å². The van der Waals surface area contributed by atoms with Crippen molar-refractivity contribution in [3.05, 3.63) is 22.4 Å². The van der Waals surface area contributed by atoms with Gasteiger partial charge in [-0.25, -0.2) is 0 Å². The highest BCUT2D eigenvalue weighted by Gasteiger charge is 2.23. The fourth-order valence-electron chi connectivity index (χ4n) is 2.65. The van der Waals surface area contributed by atoms with Gasteiger partial charge in [0.2, 0.25) is 5.91 Å². The number of aliphatic carboxylic acids is 1. The van der Waals surface area contributed by atoms with Gasteiger partial charge in [0.1, 0.15) is 0 Å². The molecule has 1 amide bonds. The number of carboxylic acids is 1. The van der Waals surface area contributed by atoms with E-state index in [-0.39, 0.29) is 18.2 Å². The predicted octanol–water partition coefficient (Wildman–Crippen LogP) is 1.89. The largest absolute Gasteiger partial charge is 0.481 e. The molecule has 1 N–H and O–H groups in total. The Morgan fingerprint density at radius 1 is 1.43 bits per heavy atom. The second kappa shape index (κ2) is 7.56. The first-order valence-corrected chi connectivity index (χ1v) is 8.18. The first-order chi connectivity index (χ1) is 10.0. The normalized spacial score (nSPS) is 16.8. The molecule has 1 saturated heterocycles. The van der Waals surface area contributed by atoms with Crippen molar-refractivity contribution in [2.75, 3.05) is 26.7 Å². The van der Waals surface area contributed by atoms with Crippen molar-refractivity contribution >= 4 is 23.2 Å². The quantitative estimate of drug-likeness (QED) is 0.872. The van der Waals surface area contributed by atoms with Gasteiger partial charge in [0.25, 0.3) is 0 Å². The maximum Gasteiger partial charge on any atom is 0.303 e. The van der Waals surface area contributed by atoms with Crippen LogP contribution in [0.4, 0.5) is 0 Å². The zero-order valence-corrected chi connectivity index (χ0v) is 13.1. The molecule has 0 atom stereocenters. The van der Waals surface area contributed by atoms with Crippen LogP contribution < -0.4 is 0 Å². The van der Waals surface area contributed by atoms with Crippen LogP contribution in [0.25, 0.3) is 0 Å². The van der Waals surface area contributed by atoms with Gasteiger partial charge in [-0.1, -0.05) is 0 Å². The first kappa shape index (κ1) is 16.0. The summed E-state index contributed by atoms with van der Waals surface area (Å²) in [5, 5.41) is 12.9. The molecule has 6 heteroatoms. The van der Waals surface area contributed by atoms with Crippen molar-refractivity contribution in [1.29, 1.82) is 0 Å². The molecule has 5 nitrogen and oxygen atoms in total. The average Bonchev–Trinajstić information content (AvgIpc) is 2.93. The number of carboxylic acid groups (broad SMARTS) is 1. The van der Waals surface area contributed by atoms with E-state index in [0.29, 0.717) is 13.1 Å². The number of nitrogens with zero attached hydrogens (tertiary/aromatic N) is 2. The molecule has 0 aromatic carbocycles. The summed E-state index contributed by atoms with van der Waals surface area (Å²) in [4.78, 5) is 26.8. The molecule has 116 valence electrons. The van der Waals surface area contributed by atoms with E-state index >= 15 is 0 Å². The Hall–Kier alpha value is -1.40. The highest BCUT2D eigenvalue weighted by atomic mass is 32.1. The van der Waals surface area contributed by atoms with Crippen LogP contribution in [0.3, 0.4) is 0 Å². The van der Waals surface area contributed by atoms with Gasteiger partial charge in [0.15, 0.2) is 0 Å². The van der Waals surface area contributed by atoms with Crippen LogP contribution in [0.5, 0.6) is 0 Å². The minimum absolute atomic E-state index is 0.123. The zero-order valence-electron chi connectivity index (χ0n) is 12.3. The molecule has 1 aromatic rings. The fourth-order valence-corrected chi connectivity index (χ4v) is 3.31. The molecule has 1 fully saturated rings. The Bertz CT molecular complexity index is 467. The van der Waals surface area contributed by atoms with E-state index < -0.39 is 5.97 Å². The van der Waals surface area contributed by atoms with Gasteiger partial charge in [-0.05, 0) is 54.2 Å². The summed E-state index contributed by atoms with van der Waals surface area (Å²) in [6, 6.07) is 2.03. The van der Waals surface area contributed by atoms with Gasteiger partial charge in [-0.2, -0.15) is 11.3 Å². The summed E-state index contributed by atoms with van der Waals surface area (Å²) < 4.78 is 0. The standard InChI is InChI=1S/C15H22N2O3S/c1-16(9-13-4-7-21-11-13)14(18)10-17-5-2-12(3-6-17)8-15(19)20/h4,7,11-12H,2-3,5-6,8-10H2,1H3,(H,19,20). The number of thiophene rings is 1. The Balaban J connectivity index is 1.72. The van der Waals surface area contributed by atoms with Crippen LogP contribution in [0, 0.1) is 5.92 Å². The summed E-state index contributed by atoms with van der Waals surface area (Å²) in [5.41, 5.74) is 1.16. The third kappa shape index (κ3) is 5.13. The zero-order chi connectivity index (χ0) is 15.2. The number of hydrogen-bond acceptors (Lipinski definition) is 4. The summed E-state index contributed by atoms with van der Waals surface area (Å²) >= 11 is 1.64. The Labute approximate surface area is 129 Å². The number of piperidine rings is 1. The van der Waals surface area contributed by atoms with Crippen LogP contribution in [0.15, 0.2) is 16.8 Å². The third-order valence-corrected chi connectivity index (χ3v) is 4.69. The average molecular weight is 310 g/mol. The van der Waals surface area contributed by atoms with Crippen LogP contribution in [0.1, 0.15) is 24.8 Å². The summed E-state index contributed by atoms with van der Waals surface area (Å²) in [6.07, 6.45) is 1.99. The van der Waals surface area contributed by atoms with Crippen molar-refractivity contribution < 1.29 is 14.7 Å². The monoisotopic (exact) mass is 310 g/mol. The molecule has 0 unspecified atom stereocenters. The molecule has 21 heavy (non-hydrogen) atoms. The van der Waals surface area contributed by atoms with Crippen molar-refractivity contribution in [1.82, 2.24) is 9.80 Å². The first-order valence-electron chi connectivity index (χ1n) is 7.24. The van der Waals surface area contributed by atoms with Crippen LogP contribution in [-0.2, 0) is 16.1 Å². The SMILES string of the molecule is CN(Cc1ccsc1)C(=O)CN1CCC(CC(=O)O)CC1. The lowest BCUT2D eigenvalue weighted by Gasteiger charge is -2.31. The highest BCUT2D eigenvalue weighted by molar-refractivity contribution is 7.07. The molecule has 0 aliphatic carbocycles. The molecule has 2 heterocycles. The van der Waals surface area contributed by atoms with Gasteiger partial charge in [0.05, 0.1) is 6.54 Å². The fraction of sp³-hybridized carbons (Fsp3) is 0.600. The Morgan fingerprint density at radius 3 is 2.71 bits per heavy atom. The molecule has 0 spiro atoms. The Morgan fingerprint density at radius 2 is 2.14 bits per heavy atom. The summed E-state index contributed by atoms with van der Waals surface area (Å²) in [5.74, 6) is -0.338. The molecule has 2 rings (SSSR count). The van der Waals surface area contributed by atoms with Crippen molar-refractivity contribution in [2.24, 2.45) is 5.92 Å². The van der Waals surface area contributed by atoms with Gasteiger partial charge in [-0.3, -0.25) is 14.5 Å². The number of carbonyl (C=O) groups excluding carboxylic acids is 1. The number of likely N-dealkylation sites (tertiary alicyclic amines) is 1. The number of hydrogen-bond donors (Lipinski definition) is 1. The molecular formula is C15H22N2O3S. The minimum Gasteiger partial charge on any atom is -0.481 e. The van der Waals surface area contributed by atoms with E-state index in [1.54, 1.807) is 16.2 Å². The molecule has 0 bridgehead atoms. The van der Waals surface area contributed by atoms with Gasteiger partial charge < -0.3 is 10.0 Å². The lowest BCUT2D eigenvalue weighted by molar-refractivity contribution is -0.139. The lowest BCUT2D eigenvalue weighted by Crippen LogP contribution is -2.42.